The van der Waals surface area contributed by atoms with E-state index in [0.29, 0.717) is 13.1 Å². The zero-order chi connectivity index (χ0) is 24.3. The summed E-state index contributed by atoms with van der Waals surface area (Å²) in [5.41, 5.74) is 4.33. The second kappa shape index (κ2) is 9.81. The Bertz CT molecular complexity index is 1180. The van der Waals surface area contributed by atoms with Gasteiger partial charge in [0.1, 0.15) is 5.60 Å². The van der Waals surface area contributed by atoms with Crippen molar-refractivity contribution in [2.24, 2.45) is 0 Å². The number of rotatable bonds is 4. The van der Waals surface area contributed by atoms with Crippen LogP contribution in [0.1, 0.15) is 33.3 Å². The second-order valence-electron chi connectivity index (χ2n) is 9.69. The Kier molecular flexibility index (Phi) is 6.84. The Labute approximate surface area is 200 Å². The molecule has 0 spiro atoms. The normalized spacial score (nSPS) is 14.8. The van der Waals surface area contributed by atoms with Crippen LogP contribution >= 0.6 is 0 Å². The van der Waals surface area contributed by atoms with E-state index in [0.717, 1.165) is 47.5 Å². The molecule has 0 radical (unpaired) electrons. The number of anilines is 1. The Hall–Kier alpha value is -3.45. The summed E-state index contributed by atoms with van der Waals surface area (Å²) in [5.74, 6) is -0.0920. The number of aromatic nitrogens is 1. The highest BCUT2D eigenvalue weighted by molar-refractivity contribution is 5.89. The first kappa shape index (κ1) is 23.7. The van der Waals surface area contributed by atoms with E-state index in [2.05, 4.69) is 22.3 Å². The highest BCUT2D eigenvalue weighted by atomic mass is 16.6. The minimum Gasteiger partial charge on any atom is -0.444 e. The molecule has 2 amide bonds. The fourth-order valence-electron chi connectivity index (χ4n) is 4.11. The zero-order valence-electron chi connectivity index (χ0n) is 20.3. The third-order valence-electron chi connectivity index (χ3n) is 5.72. The van der Waals surface area contributed by atoms with Gasteiger partial charge in [-0.2, -0.15) is 0 Å². The number of para-hydroxylation sites is 1. The average Bonchev–Trinajstić information content (AvgIpc) is 2.78. The van der Waals surface area contributed by atoms with Crippen molar-refractivity contribution < 1.29 is 14.3 Å². The van der Waals surface area contributed by atoms with Crippen molar-refractivity contribution >= 4 is 28.6 Å². The van der Waals surface area contributed by atoms with Gasteiger partial charge in [0.05, 0.1) is 11.2 Å². The standard InChI is InChI=1S/C27H32N4O3/c1-19(32)28-22-11-9-20(10-12-22)25-17-21(23-7-5-6-8-24(23)29-25)18-30-13-15-31(16-14-30)26(33)34-27(2,3)4/h5-12,17H,13-16,18H2,1-4H3,(H,28,32). The fourth-order valence-corrected chi connectivity index (χ4v) is 4.11. The van der Waals surface area contributed by atoms with E-state index >= 15 is 0 Å². The first-order valence-electron chi connectivity index (χ1n) is 11.6. The number of hydrogen-bond acceptors (Lipinski definition) is 5. The van der Waals surface area contributed by atoms with Gasteiger partial charge in [-0.15, -0.1) is 0 Å². The highest BCUT2D eigenvalue weighted by Gasteiger charge is 2.26. The minimum atomic E-state index is -0.485. The number of nitrogens with zero attached hydrogens (tertiary/aromatic N) is 3. The lowest BCUT2D eigenvalue weighted by Gasteiger charge is -2.35. The van der Waals surface area contributed by atoms with Gasteiger partial charge in [-0.05, 0) is 50.6 Å². The summed E-state index contributed by atoms with van der Waals surface area (Å²) >= 11 is 0. The molecule has 1 aliphatic heterocycles. The van der Waals surface area contributed by atoms with E-state index < -0.39 is 5.60 Å². The van der Waals surface area contributed by atoms with Gasteiger partial charge in [-0.1, -0.05) is 30.3 Å². The summed E-state index contributed by atoms with van der Waals surface area (Å²) in [7, 11) is 0. The van der Waals surface area contributed by atoms with Gasteiger partial charge in [0, 0.05) is 56.3 Å². The molecule has 34 heavy (non-hydrogen) atoms. The third-order valence-corrected chi connectivity index (χ3v) is 5.72. The molecule has 0 saturated carbocycles. The maximum Gasteiger partial charge on any atom is 0.410 e. The van der Waals surface area contributed by atoms with Crippen molar-refractivity contribution in [2.75, 3.05) is 31.5 Å². The summed E-state index contributed by atoms with van der Waals surface area (Å²) in [6, 6.07) is 18.1. The number of piperazine rings is 1. The summed E-state index contributed by atoms with van der Waals surface area (Å²) in [4.78, 5) is 32.7. The zero-order valence-corrected chi connectivity index (χ0v) is 20.3. The molecule has 1 N–H and O–H groups in total. The van der Waals surface area contributed by atoms with E-state index in [9.17, 15) is 9.59 Å². The summed E-state index contributed by atoms with van der Waals surface area (Å²) < 4.78 is 5.52. The monoisotopic (exact) mass is 460 g/mol. The number of hydrogen-bond donors (Lipinski definition) is 1. The molecular weight excluding hydrogens is 428 g/mol. The molecule has 0 aliphatic carbocycles. The molecule has 7 heteroatoms. The van der Waals surface area contributed by atoms with Crippen molar-refractivity contribution in [3.05, 3.63) is 60.2 Å². The molecular formula is C27H32N4O3. The Morgan fingerprint density at radius 2 is 1.68 bits per heavy atom. The van der Waals surface area contributed by atoms with Crippen molar-refractivity contribution in [3.8, 4) is 11.3 Å². The number of amides is 2. The maximum absolute atomic E-state index is 12.4. The summed E-state index contributed by atoms with van der Waals surface area (Å²) in [6.45, 7) is 10.8. The van der Waals surface area contributed by atoms with Crippen molar-refractivity contribution in [1.82, 2.24) is 14.8 Å². The third kappa shape index (κ3) is 5.91. The number of pyridine rings is 1. The van der Waals surface area contributed by atoms with E-state index in [4.69, 9.17) is 9.72 Å². The minimum absolute atomic E-state index is 0.0920. The molecule has 178 valence electrons. The molecule has 1 fully saturated rings. The van der Waals surface area contributed by atoms with Gasteiger partial charge in [0.15, 0.2) is 0 Å². The SMILES string of the molecule is CC(=O)Nc1ccc(-c2cc(CN3CCN(C(=O)OC(C)(C)C)CC3)c3ccccc3n2)cc1. The highest BCUT2D eigenvalue weighted by Crippen LogP contribution is 2.27. The Morgan fingerprint density at radius 1 is 1.00 bits per heavy atom. The Balaban J connectivity index is 1.52. The van der Waals surface area contributed by atoms with Crippen LogP contribution in [-0.2, 0) is 16.1 Å². The quantitative estimate of drug-likeness (QED) is 0.599. The number of benzene rings is 2. The molecule has 0 unspecified atom stereocenters. The largest absolute Gasteiger partial charge is 0.444 e. The van der Waals surface area contributed by atoms with Crippen LogP contribution in [0.5, 0.6) is 0 Å². The lowest BCUT2D eigenvalue weighted by atomic mass is 10.0. The van der Waals surface area contributed by atoms with Crippen LogP contribution in [0.25, 0.3) is 22.2 Å². The first-order chi connectivity index (χ1) is 16.2. The molecule has 0 bridgehead atoms. The number of carbonyl (C=O) groups excluding carboxylic acids is 2. The first-order valence-corrected chi connectivity index (χ1v) is 11.6. The van der Waals surface area contributed by atoms with Gasteiger partial charge in [-0.25, -0.2) is 9.78 Å². The van der Waals surface area contributed by atoms with Crippen LogP contribution in [0.2, 0.25) is 0 Å². The second-order valence-corrected chi connectivity index (χ2v) is 9.69. The summed E-state index contributed by atoms with van der Waals surface area (Å²) in [6.07, 6.45) is -0.244. The van der Waals surface area contributed by atoms with Gasteiger partial charge >= 0.3 is 6.09 Å². The Morgan fingerprint density at radius 3 is 2.32 bits per heavy atom. The number of carbonyl (C=O) groups is 2. The molecule has 1 saturated heterocycles. The molecule has 1 aromatic heterocycles. The number of ether oxygens (including phenoxy) is 1. The van der Waals surface area contributed by atoms with E-state index in [-0.39, 0.29) is 12.0 Å². The van der Waals surface area contributed by atoms with Gasteiger partial charge in [0.25, 0.3) is 0 Å². The number of fused-ring (bicyclic) bond motifs is 1. The average molecular weight is 461 g/mol. The predicted octanol–water partition coefficient (Wildman–Crippen LogP) is 4.91. The van der Waals surface area contributed by atoms with Crippen molar-refractivity contribution in [1.29, 1.82) is 0 Å². The molecule has 3 aromatic rings. The van der Waals surface area contributed by atoms with Gasteiger partial charge < -0.3 is 15.0 Å². The number of nitrogens with one attached hydrogen (secondary N) is 1. The molecule has 2 heterocycles. The molecule has 1 aliphatic rings. The van der Waals surface area contributed by atoms with Crippen LogP contribution in [0, 0.1) is 0 Å². The van der Waals surface area contributed by atoms with Crippen LogP contribution < -0.4 is 5.32 Å². The van der Waals surface area contributed by atoms with E-state index in [1.807, 2.05) is 63.2 Å². The fraction of sp³-hybridized carbons (Fsp3) is 0.370. The molecule has 7 nitrogen and oxygen atoms in total. The van der Waals surface area contributed by atoms with Crippen LogP contribution in [0.15, 0.2) is 54.6 Å². The molecule has 0 atom stereocenters. The van der Waals surface area contributed by atoms with E-state index in [1.165, 1.54) is 12.5 Å². The summed E-state index contributed by atoms with van der Waals surface area (Å²) in [5, 5.41) is 3.93. The predicted molar refractivity (Wildman–Crippen MR) is 135 cm³/mol. The molecule has 4 rings (SSSR count). The lowest BCUT2D eigenvalue weighted by molar-refractivity contribution is -0.114. The lowest BCUT2D eigenvalue weighted by Crippen LogP contribution is -2.49. The van der Waals surface area contributed by atoms with Gasteiger partial charge in [0.2, 0.25) is 5.91 Å². The van der Waals surface area contributed by atoms with Crippen molar-refractivity contribution in [2.45, 2.75) is 39.8 Å². The van der Waals surface area contributed by atoms with Gasteiger partial charge in [-0.3, -0.25) is 9.69 Å². The maximum atomic E-state index is 12.4. The van der Waals surface area contributed by atoms with Crippen LogP contribution in [-0.4, -0.2) is 58.6 Å². The molecule has 2 aromatic carbocycles. The van der Waals surface area contributed by atoms with E-state index in [1.54, 1.807) is 4.90 Å². The van der Waals surface area contributed by atoms with Crippen LogP contribution in [0.4, 0.5) is 10.5 Å². The topological polar surface area (TPSA) is 74.8 Å². The van der Waals surface area contributed by atoms with Crippen LogP contribution in [0.3, 0.4) is 0 Å². The smallest absolute Gasteiger partial charge is 0.410 e. The van der Waals surface area contributed by atoms with Crippen molar-refractivity contribution in [3.63, 3.8) is 0 Å².